The number of carbonyl (C=O) groups is 1. The van der Waals surface area contributed by atoms with Crippen LogP contribution in [0.25, 0.3) is 0 Å². The van der Waals surface area contributed by atoms with Gasteiger partial charge in [-0.15, -0.1) is 0 Å². The van der Waals surface area contributed by atoms with Crippen molar-refractivity contribution in [3.63, 3.8) is 0 Å². The van der Waals surface area contributed by atoms with Crippen LogP contribution in [0.3, 0.4) is 0 Å². The van der Waals surface area contributed by atoms with Crippen LogP contribution in [-0.4, -0.2) is 30.7 Å². The minimum absolute atomic E-state index is 0.0616. The lowest BCUT2D eigenvalue weighted by molar-refractivity contribution is -0.138. The number of ether oxygens (including phenoxy) is 2. The SMILES string of the molecule is O=C(c1ccccc1C(F)(F)F)N1CC[C@@H](c2ccc3c(c2)OCO3)C1. The average Bonchev–Trinajstić information content (AvgIpc) is 3.29. The van der Waals surface area contributed by atoms with Gasteiger partial charge in [0, 0.05) is 19.0 Å². The van der Waals surface area contributed by atoms with Crippen molar-refractivity contribution in [3.8, 4) is 11.5 Å². The topological polar surface area (TPSA) is 38.8 Å². The number of fused-ring (bicyclic) bond motifs is 1. The van der Waals surface area contributed by atoms with E-state index in [-0.39, 0.29) is 18.3 Å². The van der Waals surface area contributed by atoms with Crippen molar-refractivity contribution in [1.82, 2.24) is 4.90 Å². The van der Waals surface area contributed by atoms with Crippen LogP contribution in [0.4, 0.5) is 13.2 Å². The molecule has 2 aromatic rings. The molecule has 0 unspecified atom stereocenters. The van der Waals surface area contributed by atoms with Crippen LogP contribution in [0.5, 0.6) is 11.5 Å². The molecule has 0 radical (unpaired) electrons. The number of hydrogen-bond donors (Lipinski definition) is 0. The minimum Gasteiger partial charge on any atom is -0.454 e. The maximum absolute atomic E-state index is 13.2. The summed E-state index contributed by atoms with van der Waals surface area (Å²) in [6.07, 6.45) is -3.86. The van der Waals surface area contributed by atoms with Crippen LogP contribution < -0.4 is 9.47 Å². The maximum Gasteiger partial charge on any atom is 0.417 e. The predicted molar refractivity (Wildman–Crippen MR) is 87.3 cm³/mol. The number of rotatable bonds is 2. The highest BCUT2D eigenvalue weighted by atomic mass is 19.4. The van der Waals surface area contributed by atoms with Crippen LogP contribution in [0, 0.1) is 0 Å². The molecule has 0 N–H and O–H groups in total. The molecule has 2 aliphatic rings. The summed E-state index contributed by atoms with van der Waals surface area (Å²) in [5.41, 5.74) is -0.198. The Morgan fingerprint density at radius 2 is 1.85 bits per heavy atom. The molecule has 7 heteroatoms. The molecule has 4 rings (SSSR count). The standard InChI is InChI=1S/C19H16F3NO3/c20-19(21,22)15-4-2-1-3-14(15)18(24)23-8-7-13(10-23)12-5-6-16-17(9-12)26-11-25-16/h1-6,9,13H,7-8,10-11H2/t13-/m1/s1. The number of amides is 1. The maximum atomic E-state index is 13.2. The number of hydrogen-bond acceptors (Lipinski definition) is 3. The van der Waals surface area contributed by atoms with Crippen LogP contribution in [0.2, 0.25) is 0 Å². The van der Waals surface area contributed by atoms with E-state index in [1.54, 1.807) is 0 Å². The molecule has 2 aliphatic heterocycles. The first-order valence-corrected chi connectivity index (χ1v) is 8.28. The highest BCUT2D eigenvalue weighted by Crippen LogP contribution is 2.38. The molecule has 1 amide bonds. The summed E-state index contributed by atoms with van der Waals surface area (Å²) in [5, 5.41) is 0. The Morgan fingerprint density at radius 3 is 2.65 bits per heavy atom. The van der Waals surface area contributed by atoms with Gasteiger partial charge in [0.1, 0.15) is 0 Å². The normalized spacial score (nSPS) is 19.0. The third-order valence-corrected chi connectivity index (χ3v) is 4.81. The van der Waals surface area contributed by atoms with Crippen molar-refractivity contribution in [2.45, 2.75) is 18.5 Å². The molecule has 136 valence electrons. The largest absolute Gasteiger partial charge is 0.454 e. The molecule has 0 saturated carbocycles. The summed E-state index contributed by atoms with van der Waals surface area (Å²) in [7, 11) is 0. The Morgan fingerprint density at radius 1 is 1.08 bits per heavy atom. The van der Waals surface area contributed by atoms with E-state index >= 15 is 0 Å². The second-order valence-corrected chi connectivity index (χ2v) is 6.39. The lowest BCUT2D eigenvalue weighted by atomic mass is 9.98. The lowest BCUT2D eigenvalue weighted by Crippen LogP contribution is -2.30. The third-order valence-electron chi connectivity index (χ3n) is 4.81. The summed E-state index contributed by atoms with van der Waals surface area (Å²) >= 11 is 0. The summed E-state index contributed by atoms with van der Waals surface area (Å²) < 4.78 is 50.2. The van der Waals surface area contributed by atoms with Crippen molar-refractivity contribution in [1.29, 1.82) is 0 Å². The molecule has 2 heterocycles. The van der Waals surface area contributed by atoms with E-state index in [9.17, 15) is 18.0 Å². The van der Waals surface area contributed by atoms with E-state index in [4.69, 9.17) is 9.47 Å². The van der Waals surface area contributed by atoms with Crippen molar-refractivity contribution in [2.24, 2.45) is 0 Å². The first-order valence-electron chi connectivity index (χ1n) is 8.28. The number of halogens is 3. The first kappa shape index (κ1) is 16.8. The summed E-state index contributed by atoms with van der Waals surface area (Å²) in [6, 6.07) is 10.5. The molecule has 26 heavy (non-hydrogen) atoms. The average molecular weight is 363 g/mol. The van der Waals surface area contributed by atoms with E-state index in [1.807, 2.05) is 18.2 Å². The van der Waals surface area contributed by atoms with Gasteiger partial charge in [-0.05, 0) is 36.2 Å². The molecule has 0 aromatic heterocycles. The molecular formula is C19H16F3NO3. The fraction of sp³-hybridized carbons (Fsp3) is 0.316. The van der Waals surface area contributed by atoms with E-state index in [0.29, 0.717) is 31.0 Å². The second kappa shape index (κ2) is 6.23. The molecule has 1 saturated heterocycles. The van der Waals surface area contributed by atoms with Crippen LogP contribution in [0.1, 0.15) is 33.8 Å². The monoisotopic (exact) mass is 363 g/mol. The summed E-state index contributed by atoms with van der Waals surface area (Å²) in [6.45, 7) is 0.983. The molecule has 2 aromatic carbocycles. The van der Waals surface area contributed by atoms with Crippen LogP contribution >= 0.6 is 0 Å². The highest BCUT2D eigenvalue weighted by Gasteiger charge is 2.37. The Labute approximate surface area is 148 Å². The van der Waals surface area contributed by atoms with E-state index in [1.165, 1.54) is 23.1 Å². The predicted octanol–water partition coefficient (Wildman–Crippen LogP) is 4.06. The van der Waals surface area contributed by atoms with Gasteiger partial charge in [0.15, 0.2) is 11.5 Å². The van der Waals surface area contributed by atoms with Crippen molar-refractivity contribution < 1.29 is 27.4 Å². The number of benzene rings is 2. The smallest absolute Gasteiger partial charge is 0.417 e. The zero-order chi connectivity index (χ0) is 18.3. The third kappa shape index (κ3) is 2.98. The Hall–Kier alpha value is -2.70. The van der Waals surface area contributed by atoms with E-state index in [2.05, 4.69) is 0 Å². The van der Waals surface area contributed by atoms with E-state index < -0.39 is 17.6 Å². The molecule has 0 bridgehead atoms. The zero-order valence-corrected chi connectivity index (χ0v) is 13.8. The minimum atomic E-state index is -4.55. The highest BCUT2D eigenvalue weighted by molar-refractivity contribution is 5.96. The fourth-order valence-electron chi connectivity index (χ4n) is 3.47. The number of carbonyl (C=O) groups excluding carboxylic acids is 1. The fourth-order valence-corrected chi connectivity index (χ4v) is 3.47. The summed E-state index contributed by atoms with van der Waals surface area (Å²) in [5.74, 6) is 0.821. The lowest BCUT2D eigenvalue weighted by Gasteiger charge is -2.19. The summed E-state index contributed by atoms with van der Waals surface area (Å²) in [4.78, 5) is 14.1. The Balaban J connectivity index is 1.53. The number of nitrogens with zero attached hydrogens (tertiary/aromatic N) is 1. The molecule has 1 atom stereocenters. The van der Waals surface area contributed by atoms with Gasteiger partial charge in [-0.2, -0.15) is 13.2 Å². The molecular weight excluding hydrogens is 347 g/mol. The van der Waals surface area contributed by atoms with Gasteiger partial charge >= 0.3 is 6.18 Å². The van der Waals surface area contributed by atoms with Gasteiger partial charge in [-0.25, -0.2) is 0 Å². The van der Waals surface area contributed by atoms with Crippen molar-refractivity contribution >= 4 is 5.91 Å². The van der Waals surface area contributed by atoms with Gasteiger partial charge < -0.3 is 14.4 Å². The first-order chi connectivity index (χ1) is 12.4. The second-order valence-electron chi connectivity index (χ2n) is 6.39. The quantitative estimate of drug-likeness (QED) is 0.808. The Kier molecular flexibility index (Phi) is 4.01. The van der Waals surface area contributed by atoms with Gasteiger partial charge in [-0.3, -0.25) is 4.79 Å². The molecule has 1 fully saturated rings. The Bertz CT molecular complexity index is 850. The zero-order valence-electron chi connectivity index (χ0n) is 13.8. The van der Waals surface area contributed by atoms with Crippen LogP contribution in [-0.2, 0) is 6.18 Å². The van der Waals surface area contributed by atoms with Crippen molar-refractivity contribution in [3.05, 3.63) is 59.2 Å². The van der Waals surface area contributed by atoms with Gasteiger partial charge in [0.25, 0.3) is 5.91 Å². The number of alkyl halides is 3. The molecule has 0 aliphatic carbocycles. The molecule has 4 nitrogen and oxygen atoms in total. The number of likely N-dealkylation sites (tertiary alicyclic amines) is 1. The molecule has 0 spiro atoms. The van der Waals surface area contributed by atoms with Gasteiger partial charge in [0.2, 0.25) is 6.79 Å². The van der Waals surface area contributed by atoms with Gasteiger partial charge in [-0.1, -0.05) is 18.2 Å². The van der Waals surface area contributed by atoms with Crippen LogP contribution in [0.15, 0.2) is 42.5 Å². The van der Waals surface area contributed by atoms with E-state index in [0.717, 1.165) is 11.6 Å². The van der Waals surface area contributed by atoms with Gasteiger partial charge in [0.05, 0.1) is 11.1 Å². The van der Waals surface area contributed by atoms with Crippen molar-refractivity contribution in [2.75, 3.05) is 19.9 Å².